The molecule has 2 unspecified atom stereocenters. The van der Waals surface area contributed by atoms with Gasteiger partial charge in [-0.2, -0.15) is 18.3 Å². The van der Waals surface area contributed by atoms with E-state index in [0.717, 1.165) is 32.1 Å². The molecule has 11 nitrogen and oxygen atoms in total. The van der Waals surface area contributed by atoms with Gasteiger partial charge in [0.25, 0.3) is 11.8 Å². The number of pyridine rings is 1. The minimum Gasteiger partial charge on any atom is -0.397 e. The molecule has 2 amide bonds. The summed E-state index contributed by atoms with van der Waals surface area (Å²) in [5.74, 6) is -0.972. The summed E-state index contributed by atoms with van der Waals surface area (Å²) in [7, 11) is 0. The fourth-order valence-corrected chi connectivity index (χ4v) is 5.75. The number of rotatable bonds is 6. The Hall–Kier alpha value is -4.43. The molecule has 0 radical (unpaired) electrons. The lowest BCUT2D eigenvalue weighted by atomic mass is 10.1. The molecule has 15 heteroatoms. The van der Waals surface area contributed by atoms with Crippen molar-refractivity contribution in [2.45, 2.75) is 37.6 Å². The molecule has 2 fully saturated rings. The van der Waals surface area contributed by atoms with Gasteiger partial charge in [-0.25, -0.2) is 4.98 Å². The van der Waals surface area contributed by atoms with Crippen LogP contribution in [-0.4, -0.2) is 67.0 Å². The Balaban J connectivity index is 1.17. The molecule has 6 N–H and O–H groups in total. The lowest BCUT2D eigenvalue weighted by Gasteiger charge is -2.35. The fraction of sp³-hybridized carbons (Fsp3) is 0.296. The highest BCUT2D eigenvalue weighted by atomic mass is 35.5. The topological polar surface area (TPSA) is 158 Å². The van der Waals surface area contributed by atoms with Crippen LogP contribution in [0.3, 0.4) is 0 Å². The minimum atomic E-state index is -4.79. The third-order valence-electron chi connectivity index (χ3n) is 7.47. The zero-order chi connectivity index (χ0) is 29.6. The number of aromatic nitrogens is 5. The van der Waals surface area contributed by atoms with E-state index in [9.17, 15) is 22.8 Å². The average Bonchev–Trinajstić information content (AvgIpc) is 3.68. The number of nitrogens with zero attached hydrogens (tertiary/aromatic N) is 4. The quantitative estimate of drug-likeness (QED) is 0.226. The number of nitrogen functional groups attached to an aromatic ring is 1. The summed E-state index contributed by atoms with van der Waals surface area (Å²) in [5.41, 5.74) is 5.56. The molecular formula is C27H25ClF3N9O2. The second kappa shape index (κ2) is 10.8. The van der Waals surface area contributed by atoms with E-state index < -0.39 is 17.8 Å². The predicted octanol–water partition coefficient (Wildman–Crippen LogP) is 3.62. The monoisotopic (exact) mass is 599 g/mol. The number of carbonyl (C=O) groups excluding carboxylic acids is 2. The Morgan fingerprint density at radius 2 is 1.86 bits per heavy atom. The first-order valence-corrected chi connectivity index (χ1v) is 13.5. The number of hydrogen-bond acceptors (Lipinski definition) is 7. The Morgan fingerprint density at radius 1 is 1.10 bits per heavy atom. The molecular weight excluding hydrogens is 575 g/mol. The Morgan fingerprint density at radius 3 is 2.52 bits per heavy atom. The summed E-state index contributed by atoms with van der Waals surface area (Å²) >= 11 is 6.47. The summed E-state index contributed by atoms with van der Waals surface area (Å²) in [4.78, 5) is 38.7. The number of H-pyrrole nitrogens is 2. The van der Waals surface area contributed by atoms with E-state index >= 15 is 0 Å². The van der Waals surface area contributed by atoms with Gasteiger partial charge in [-0.1, -0.05) is 17.7 Å². The first-order chi connectivity index (χ1) is 20.1. The Bertz CT molecular complexity index is 1640. The van der Waals surface area contributed by atoms with E-state index in [0.29, 0.717) is 16.8 Å². The summed E-state index contributed by atoms with van der Waals surface area (Å²) in [6.07, 6.45) is -0.448. The highest BCUT2D eigenvalue weighted by Crippen LogP contribution is 2.40. The molecule has 4 aromatic rings. The number of piperazine rings is 1. The van der Waals surface area contributed by atoms with Crippen molar-refractivity contribution in [3.8, 4) is 22.6 Å². The van der Waals surface area contributed by atoms with Crippen molar-refractivity contribution in [3.63, 3.8) is 0 Å². The molecule has 0 aliphatic carbocycles. The van der Waals surface area contributed by atoms with Crippen molar-refractivity contribution in [2.75, 3.05) is 18.8 Å². The molecule has 42 heavy (non-hydrogen) atoms. The number of alkyl halides is 3. The van der Waals surface area contributed by atoms with Crippen molar-refractivity contribution < 1.29 is 22.8 Å². The molecule has 218 valence electrons. The van der Waals surface area contributed by atoms with Crippen LogP contribution >= 0.6 is 11.6 Å². The smallest absolute Gasteiger partial charge is 0.397 e. The van der Waals surface area contributed by atoms with Crippen LogP contribution in [0.25, 0.3) is 22.6 Å². The van der Waals surface area contributed by atoms with Crippen LogP contribution < -0.4 is 16.4 Å². The summed E-state index contributed by atoms with van der Waals surface area (Å²) < 4.78 is 41.4. The molecule has 2 aliphatic rings. The molecule has 5 heterocycles. The average molecular weight is 600 g/mol. The first kappa shape index (κ1) is 27.7. The first-order valence-electron chi connectivity index (χ1n) is 13.1. The zero-order valence-electron chi connectivity index (χ0n) is 21.9. The lowest BCUT2D eigenvalue weighted by Crippen LogP contribution is -2.54. The highest BCUT2D eigenvalue weighted by Gasteiger charge is 2.41. The van der Waals surface area contributed by atoms with Gasteiger partial charge in [0.15, 0.2) is 11.5 Å². The van der Waals surface area contributed by atoms with Crippen molar-refractivity contribution >= 4 is 29.1 Å². The molecule has 2 bridgehead atoms. The van der Waals surface area contributed by atoms with E-state index in [1.807, 2.05) is 4.90 Å². The van der Waals surface area contributed by atoms with E-state index in [1.54, 1.807) is 18.2 Å². The summed E-state index contributed by atoms with van der Waals surface area (Å²) in [5, 5.41) is 12.1. The Labute approximate surface area is 242 Å². The van der Waals surface area contributed by atoms with E-state index in [4.69, 9.17) is 17.3 Å². The molecule has 0 spiro atoms. The van der Waals surface area contributed by atoms with Gasteiger partial charge in [0, 0.05) is 31.7 Å². The van der Waals surface area contributed by atoms with Gasteiger partial charge in [-0.05, 0) is 42.7 Å². The minimum absolute atomic E-state index is 0.0176. The number of benzene rings is 1. The van der Waals surface area contributed by atoms with Gasteiger partial charge >= 0.3 is 6.18 Å². The number of nitrogens with one attached hydrogen (secondary N) is 4. The lowest BCUT2D eigenvalue weighted by molar-refractivity contribution is -0.140. The number of anilines is 1. The largest absolute Gasteiger partial charge is 0.435 e. The molecule has 2 atom stereocenters. The van der Waals surface area contributed by atoms with Crippen molar-refractivity contribution in [1.82, 2.24) is 40.7 Å². The van der Waals surface area contributed by atoms with Crippen molar-refractivity contribution in [3.05, 3.63) is 70.4 Å². The normalized spacial score (nSPS) is 18.3. The molecule has 1 aromatic carbocycles. The van der Waals surface area contributed by atoms with Crippen LogP contribution in [0, 0.1) is 0 Å². The number of fused-ring (bicyclic) bond motifs is 2. The maximum absolute atomic E-state index is 13.8. The standard InChI is InChI=1S/C27H25ClF3N9O2/c28-18-7-13(1-5-17(18)26(42)40-15-3-4-16(40)11-33-10-15)8-36-25(41)24-35-12-20(37-24)21-22(19-6-2-14(32)9-34-19)38-39-23(21)27(29,30)31/h1-2,5-7,9,12,15-16,33H,3-4,8,10-11,32H2,(H,35,37)(H,36,41)(H,38,39). The van der Waals surface area contributed by atoms with Crippen LogP contribution in [0.2, 0.25) is 5.02 Å². The molecule has 2 aliphatic heterocycles. The number of amides is 2. The van der Waals surface area contributed by atoms with E-state index in [2.05, 4.69) is 35.8 Å². The zero-order valence-corrected chi connectivity index (χ0v) is 22.7. The maximum Gasteiger partial charge on any atom is 0.435 e. The van der Waals surface area contributed by atoms with Gasteiger partial charge in [0.1, 0.15) is 0 Å². The fourth-order valence-electron chi connectivity index (χ4n) is 5.47. The van der Waals surface area contributed by atoms with Crippen LogP contribution in [0.5, 0.6) is 0 Å². The van der Waals surface area contributed by atoms with Crippen LogP contribution in [-0.2, 0) is 12.7 Å². The second-order valence-corrected chi connectivity index (χ2v) is 10.6. The van der Waals surface area contributed by atoms with E-state index in [1.165, 1.54) is 18.3 Å². The number of halogens is 4. The summed E-state index contributed by atoms with van der Waals surface area (Å²) in [6, 6.07) is 8.20. The third kappa shape index (κ3) is 5.18. The molecule has 6 rings (SSSR count). The van der Waals surface area contributed by atoms with Crippen molar-refractivity contribution in [2.24, 2.45) is 0 Å². The molecule has 0 saturated carbocycles. The maximum atomic E-state index is 13.8. The van der Waals surface area contributed by atoms with Crippen molar-refractivity contribution in [1.29, 1.82) is 0 Å². The van der Waals surface area contributed by atoms with Gasteiger partial charge in [-0.3, -0.25) is 19.7 Å². The Kier molecular flexibility index (Phi) is 7.10. The highest BCUT2D eigenvalue weighted by molar-refractivity contribution is 6.34. The number of aromatic amines is 2. The number of nitrogens with two attached hydrogens (primary N) is 1. The van der Waals surface area contributed by atoms with Crippen LogP contribution in [0.4, 0.5) is 18.9 Å². The van der Waals surface area contributed by atoms with Gasteiger partial charge in [0.05, 0.1) is 51.3 Å². The van der Waals surface area contributed by atoms with Crippen LogP contribution in [0.15, 0.2) is 42.7 Å². The van der Waals surface area contributed by atoms with Gasteiger partial charge < -0.3 is 26.3 Å². The van der Waals surface area contributed by atoms with E-state index in [-0.39, 0.29) is 58.0 Å². The predicted molar refractivity (Wildman–Crippen MR) is 147 cm³/mol. The molecule has 3 aromatic heterocycles. The molecule has 2 saturated heterocycles. The SMILES string of the molecule is Nc1ccc(-c2[nH]nc(C(F)(F)F)c2-c2cnc(C(=O)NCc3ccc(C(=O)N4C5CCC4CNC5)c(Cl)c3)[nH]2)nc1. The second-order valence-electron chi connectivity index (χ2n) is 10.2. The van der Waals surface area contributed by atoms with Gasteiger partial charge in [-0.15, -0.1) is 0 Å². The number of carbonyl (C=O) groups is 2. The summed E-state index contributed by atoms with van der Waals surface area (Å²) in [6.45, 7) is 1.56. The number of imidazole rings is 1. The third-order valence-corrected chi connectivity index (χ3v) is 7.78. The number of hydrogen-bond donors (Lipinski definition) is 5. The van der Waals surface area contributed by atoms with Crippen LogP contribution in [0.1, 0.15) is 45.1 Å². The van der Waals surface area contributed by atoms with Gasteiger partial charge in [0.2, 0.25) is 0 Å².